The molecule has 0 spiro atoms. The van der Waals surface area contributed by atoms with Gasteiger partial charge in [0, 0.05) is 11.1 Å². The minimum absolute atomic E-state index is 0.0367. The van der Waals surface area contributed by atoms with E-state index < -0.39 is 35.8 Å². The van der Waals surface area contributed by atoms with Crippen molar-refractivity contribution >= 4 is 31.6 Å². The SMILES string of the molecule is NS(=O)(=O)c1ccccc1-c1ccc(S(N)(=O)=O)c(Cl)c1F. The molecular formula is C12H10ClFN2O4S2. The standard InChI is InChI=1S/C12H10ClFN2O4S2/c13-11-10(22(16,19)20)6-5-8(12(11)14)7-3-1-2-4-9(7)21(15,17)18/h1-6H,(H2,15,17,18)(H2,16,19,20). The molecule has 0 atom stereocenters. The van der Waals surface area contributed by atoms with Crippen LogP contribution in [0.25, 0.3) is 11.1 Å². The van der Waals surface area contributed by atoms with Crippen molar-refractivity contribution in [1.82, 2.24) is 0 Å². The van der Waals surface area contributed by atoms with Gasteiger partial charge >= 0.3 is 0 Å². The van der Waals surface area contributed by atoms with Crippen LogP contribution in [0.3, 0.4) is 0 Å². The number of nitrogens with two attached hydrogens (primary N) is 2. The quantitative estimate of drug-likeness (QED) is 0.855. The first kappa shape index (κ1) is 16.8. The maximum atomic E-state index is 14.4. The van der Waals surface area contributed by atoms with Gasteiger partial charge in [-0.25, -0.2) is 31.5 Å². The smallest absolute Gasteiger partial charge is 0.225 e. The van der Waals surface area contributed by atoms with Gasteiger partial charge in [-0.2, -0.15) is 0 Å². The molecule has 0 aliphatic rings. The normalized spacial score (nSPS) is 12.4. The lowest BCUT2D eigenvalue weighted by Crippen LogP contribution is -2.15. The van der Waals surface area contributed by atoms with Gasteiger partial charge in [-0.1, -0.05) is 29.8 Å². The second-order valence-corrected chi connectivity index (χ2v) is 7.76. The van der Waals surface area contributed by atoms with Crippen LogP contribution < -0.4 is 10.3 Å². The fraction of sp³-hybridized carbons (Fsp3) is 0. The summed E-state index contributed by atoms with van der Waals surface area (Å²) in [5.41, 5.74) is -0.243. The maximum absolute atomic E-state index is 14.4. The lowest BCUT2D eigenvalue weighted by atomic mass is 10.1. The minimum Gasteiger partial charge on any atom is -0.225 e. The van der Waals surface area contributed by atoms with Crippen LogP contribution in [0, 0.1) is 5.82 Å². The Kier molecular flexibility index (Phi) is 4.28. The van der Waals surface area contributed by atoms with E-state index in [2.05, 4.69) is 0 Å². The fourth-order valence-electron chi connectivity index (χ4n) is 1.90. The topological polar surface area (TPSA) is 120 Å². The summed E-state index contributed by atoms with van der Waals surface area (Å²) in [5, 5.41) is 9.28. The molecule has 0 amide bonds. The van der Waals surface area contributed by atoms with Crippen LogP contribution in [0.4, 0.5) is 4.39 Å². The van der Waals surface area contributed by atoms with Gasteiger partial charge in [0.1, 0.15) is 4.90 Å². The number of halogens is 2. The van der Waals surface area contributed by atoms with Crippen molar-refractivity contribution in [2.45, 2.75) is 9.79 Å². The fourth-order valence-corrected chi connectivity index (χ4v) is 3.73. The van der Waals surface area contributed by atoms with Crippen LogP contribution in [-0.2, 0) is 20.0 Å². The number of sulfonamides is 2. The molecule has 0 aliphatic carbocycles. The van der Waals surface area contributed by atoms with E-state index in [9.17, 15) is 21.2 Å². The highest BCUT2D eigenvalue weighted by Crippen LogP contribution is 2.34. The molecule has 0 heterocycles. The monoisotopic (exact) mass is 364 g/mol. The summed E-state index contributed by atoms with van der Waals surface area (Å²) in [6, 6.07) is 7.49. The molecule has 0 radical (unpaired) electrons. The van der Waals surface area contributed by atoms with E-state index in [1.807, 2.05) is 0 Å². The van der Waals surface area contributed by atoms with Gasteiger partial charge in [-0.05, 0) is 18.2 Å². The molecule has 2 rings (SSSR count). The Bertz CT molecular complexity index is 959. The van der Waals surface area contributed by atoms with Crippen LogP contribution in [0.15, 0.2) is 46.2 Å². The first-order valence-electron chi connectivity index (χ1n) is 5.66. The zero-order chi connectivity index (χ0) is 16.7. The molecule has 0 aromatic heterocycles. The van der Waals surface area contributed by atoms with Crippen molar-refractivity contribution in [3.63, 3.8) is 0 Å². The number of rotatable bonds is 3. The van der Waals surface area contributed by atoms with Crippen LogP contribution >= 0.6 is 11.6 Å². The summed E-state index contributed by atoms with van der Waals surface area (Å²) >= 11 is 5.68. The highest BCUT2D eigenvalue weighted by Gasteiger charge is 2.23. The Morgan fingerprint density at radius 1 is 0.818 bits per heavy atom. The average molecular weight is 365 g/mol. The highest BCUT2D eigenvalue weighted by molar-refractivity contribution is 7.89. The van der Waals surface area contributed by atoms with Crippen molar-refractivity contribution < 1.29 is 21.2 Å². The zero-order valence-corrected chi connectivity index (χ0v) is 13.2. The number of hydrogen-bond donors (Lipinski definition) is 2. The molecule has 22 heavy (non-hydrogen) atoms. The molecule has 2 aromatic rings. The van der Waals surface area contributed by atoms with Crippen LogP contribution in [-0.4, -0.2) is 16.8 Å². The van der Waals surface area contributed by atoms with Gasteiger partial charge in [0.2, 0.25) is 20.0 Å². The molecule has 0 saturated heterocycles. The molecule has 0 bridgehead atoms. The van der Waals surface area contributed by atoms with Gasteiger partial charge in [0.15, 0.2) is 5.82 Å². The molecule has 0 fully saturated rings. The third-order valence-corrected chi connectivity index (χ3v) is 5.24. The number of benzene rings is 2. The van der Waals surface area contributed by atoms with E-state index in [4.69, 9.17) is 21.9 Å². The molecule has 0 unspecified atom stereocenters. The predicted octanol–water partition coefficient (Wildman–Crippen LogP) is 1.44. The van der Waals surface area contributed by atoms with Crippen molar-refractivity contribution in [2.24, 2.45) is 10.3 Å². The van der Waals surface area contributed by atoms with Crippen molar-refractivity contribution in [2.75, 3.05) is 0 Å². The Morgan fingerprint density at radius 2 is 1.36 bits per heavy atom. The van der Waals surface area contributed by atoms with Gasteiger partial charge < -0.3 is 0 Å². The van der Waals surface area contributed by atoms with E-state index in [-0.39, 0.29) is 16.0 Å². The summed E-state index contributed by atoms with van der Waals surface area (Å²) in [6.07, 6.45) is 0. The first-order valence-corrected chi connectivity index (χ1v) is 9.13. The largest absolute Gasteiger partial charge is 0.239 e. The molecular weight excluding hydrogens is 355 g/mol. The Hall–Kier alpha value is -1.52. The molecule has 4 N–H and O–H groups in total. The lowest BCUT2D eigenvalue weighted by molar-refractivity contribution is 0.591. The van der Waals surface area contributed by atoms with E-state index in [0.29, 0.717) is 0 Å². The van der Waals surface area contributed by atoms with Crippen LogP contribution in [0.1, 0.15) is 0 Å². The van der Waals surface area contributed by atoms with E-state index in [1.165, 1.54) is 24.3 Å². The van der Waals surface area contributed by atoms with Gasteiger partial charge in [-0.15, -0.1) is 0 Å². The van der Waals surface area contributed by atoms with Gasteiger partial charge in [0.05, 0.1) is 9.92 Å². The third kappa shape index (κ3) is 3.13. The van der Waals surface area contributed by atoms with E-state index in [1.54, 1.807) is 0 Å². The second kappa shape index (κ2) is 5.60. The lowest BCUT2D eigenvalue weighted by Gasteiger charge is -2.11. The minimum atomic E-state index is -4.21. The van der Waals surface area contributed by atoms with Crippen LogP contribution in [0.5, 0.6) is 0 Å². The summed E-state index contributed by atoms with van der Waals surface area (Å²) in [6.45, 7) is 0. The van der Waals surface area contributed by atoms with Crippen molar-refractivity contribution in [1.29, 1.82) is 0 Å². The van der Waals surface area contributed by atoms with Gasteiger partial charge in [0.25, 0.3) is 0 Å². The summed E-state index contributed by atoms with van der Waals surface area (Å²) in [7, 11) is -8.31. The predicted molar refractivity (Wildman–Crippen MR) is 79.6 cm³/mol. The molecule has 0 saturated carbocycles. The molecule has 118 valence electrons. The molecule has 0 aliphatic heterocycles. The van der Waals surface area contributed by atoms with Gasteiger partial charge in [-0.3, -0.25) is 0 Å². The Labute approximate surface area is 131 Å². The summed E-state index contributed by atoms with van der Waals surface area (Å²) in [5.74, 6) is -1.11. The molecule has 10 heteroatoms. The third-order valence-electron chi connectivity index (χ3n) is 2.84. The van der Waals surface area contributed by atoms with Crippen molar-refractivity contribution in [3.8, 4) is 11.1 Å². The average Bonchev–Trinajstić information content (AvgIpc) is 2.39. The second-order valence-electron chi connectivity index (χ2n) is 4.33. The highest BCUT2D eigenvalue weighted by atomic mass is 35.5. The number of primary sulfonamides is 2. The number of hydrogen-bond acceptors (Lipinski definition) is 4. The Balaban J connectivity index is 2.80. The summed E-state index contributed by atoms with van der Waals surface area (Å²) in [4.78, 5) is -0.906. The van der Waals surface area contributed by atoms with E-state index >= 15 is 0 Å². The maximum Gasteiger partial charge on any atom is 0.239 e. The Morgan fingerprint density at radius 3 is 1.91 bits per heavy atom. The molecule has 6 nitrogen and oxygen atoms in total. The zero-order valence-electron chi connectivity index (χ0n) is 10.8. The first-order chi connectivity index (χ1) is 10.0. The molecule has 2 aromatic carbocycles. The van der Waals surface area contributed by atoms with E-state index in [0.717, 1.165) is 12.1 Å². The van der Waals surface area contributed by atoms with Crippen LogP contribution in [0.2, 0.25) is 5.02 Å². The summed E-state index contributed by atoms with van der Waals surface area (Å²) < 4.78 is 60.1. The van der Waals surface area contributed by atoms with Crippen molar-refractivity contribution in [3.05, 3.63) is 47.2 Å².